The monoisotopic (exact) mass is 384 g/mol. The van der Waals surface area contributed by atoms with E-state index in [1.807, 2.05) is 41.7 Å². The Bertz CT molecular complexity index is 697. The van der Waals surface area contributed by atoms with E-state index < -0.39 is 0 Å². The number of hydrogen-bond donors (Lipinski definition) is 0. The van der Waals surface area contributed by atoms with E-state index in [0.717, 1.165) is 12.8 Å². The van der Waals surface area contributed by atoms with Gasteiger partial charge in [0, 0.05) is 15.8 Å². The lowest BCUT2D eigenvalue weighted by atomic mass is 10.1. The summed E-state index contributed by atoms with van der Waals surface area (Å²) in [5, 5.41) is 0. The molecular weight excluding hydrogens is 352 g/mol. The number of carbonyl (C=O) groups is 1. The minimum atomic E-state index is -0.312. The third kappa shape index (κ3) is 8.13. The van der Waals surface area contributed by atoms with Crippen molar-refractivity contribution in [2.24, 2.45) is 0 Å². The molecule has 3 heteroatoms. The minimum absolute atomic E-state index is 0.312. The normalized spacial score (nSPS) is 11.2. The van der Waals surface area contributed by atoms with Crippen LogP contribution < -0.4 is 4.74 Å². The molecule has 0 saturated heterocycles. The number of thiophene rings is 1. The minimum Gasteiger partial charge on any atom is -0.423 e. The van der Waals surface area contributed by atoms with Gasteiger partial charge in [0.1, 0.15) is 5.75 Å². The Labute approximate surface area is 168 Å². The van der Waals surface area contributed by atoms with Gasteiger partial charge in [-0.3, -0.25) is 0 Å². The summed E-state index contributed by atoms with van der Waals surface area (Å²) in [4.78, 5) is 14.5. The fourth-order valence-electron chi connectivity index (χ4n) is 2.93. The molecule has 2 aromatic rings. The van der Waals surface area contributed by atoms with Crippen LogP contribution in [0.25, 0.3) is 10.4 Å². The lowest BCUT2D eigenvalue weighted by Crippen LogP contribution is -2.03. The second-order valence-corrected chi connectivity index (χ2v) is 8.09. The van der Waals surface area contributed by atoms with Gasteiger partial charge in [-0.1, -0.05) is 58.4 Å². The van der Waals surface area contributed by atoms with Crippen LogP contribution in [0.1, 0.15) is 70.1 Å². The predicted octanol–water partition coefficient (Wildman–Crippen LogP) is 7.58. The van der Waals surface area contributed by atoms with Crippen molar-refractivity contribution in [1.29, 1.82) is 0 Å². The van der Waals surface area contributed by atoms with Gasteiger partial charge in [0.25, 0.3) is 0 Å². The van der Waals surface area contributed by atoms with Gasteiger partial charge in [-0.05, 0) is 61.2 Å². The highest BCUT2D eigenvalue weighted by atomic mass is 32.1. The zero-order valence-electron chi connectivity index (χ0n) is 16.7. The molecule has 0 bridgehead atoms. The second kappa shape index (κ2) is 12.5. The third-order valence-corrected chi connectivity index (χ3v) is 5.70. The van der Waals surface area contributed by atoms with Crippen molar-refractivity contribution in [3.63, 3.8) is 0 Å². The molecular formula is C24H32O2S. The van der Waals surface area contributed by atoms with Crippen molar-refractivity contribution in [1.82, 2.24) is 0 Å². The molecule has 2 nitrogen and oxygen atoms in total. The molecule has 0 aliphatic rings. The van der Waals surface area contributed by atoms with Gasteiger partial charge < -0.3 is 4.74 Å². The first-order chi connectivity index (χ1) is 13.2. The topological polar surface area (TPSA) is 26.3 Å². The van der Waals surface area contributed by atoms with E-state index in [1.165, 1.54) is 66.3 Å². The fourth-order valence-corrected chi connectivity index (χ4v) is 3.99. The van der Waals surface area contributed by atoms with Crippen molar-refractivity contribution >= 4 is 17.3 Å². The molecule has 146 valence electrons. The van der Waals surface area contributed by atoms with Gasteiger partial charge in [0.05, 0.1) is 0 Å². The summed E-state index contributed by atoms with van der Waals surface area (Å²) in [5.41, 5.74) is 1.18. The quantitative estimate of drug-likeness (QED) is 0.163. The summed E-state index contributed by atoms with van der Waals surface area (Å²) < 4.78 is 5.33. The van der Waals surface area contributed by atoms with Crippen LogP contribution in [0.5, 0.6) is 5.75 Å². The van der Waals surface area contributed by atoms with E-state index in [-0.39, 0.29) is 5.97 Å². The van der Waals surface area contributed by atoms with Crippen LogP contribution in [0.2, 0.25) is 0 Å². The number of aryl methyl sites for hydroxylation is 1. The average molecular weight is 385 g/mol. The molecule has 27 heavy (non-hydrogen) atoms. The SMILES string of the molecule is CCCC=CC(=O)Oc1ccc(-c2ccc(CCCCCCCC)s2)cc1. The summed E-state index contributed by atoms with van der Waals surface area (Å²) >= 11 is 1.87. The summed E-state index contributed by atoms with van der Waals surface area (Å²) in [6.45, 7) is 4.34. The average Bonchev–Trinajstić information content (AvgIpc) is 3.14. The second-order valence-electron chi connectivity index (χ2n) is 6.92. The molecule has 2 rings (SSSR count). The highest BCUT2D eigenvalue weighted by Crippen LogP contribution is 2.30. The van der Waals surface area contributed by atoms with E-state index in [4.69, 9.17) is 4.74 Å². The molecule has 1 aromatic heterocycles. The first-order valence-electron chi connectivity index (χ1n) is 10.3. The predicted molar refractivity (Wildman–Crippen MR) is 117 cm³/mol. The number of rotatable bonds is 12. The van der Waals surface area contributed by atoms with Gasteiger partial charge in [-0.15, -0.1) is 11.3 Å². The van der Waals surface area contributed by atoms with Gasteiger partial charge in [-0.25, -0.2) is 4.79 Å². The first kappa shape index (κ1) is 21.4. The smallest absolute Gasteiger partial charge is 0.335 e. The fraction of sp³-hybridized carbons (Fsp3) is 0.458. The van der Waals surface area contributed by atoms with E-state index in [1.54, 1.807) is 0 Å². The molecule has 0 unspecified atom stereocenters. The Hall–Kier alpha value is -1.87. The maximum atomic E-state index is 11.7. The van der Waals surface area contributed by atoms with Crippen LogP contribution in [-0.4, -0.2) is 5.97 Å². The van der Waals surface area contributed by atoms with Gasteiger partial charge in [0.15, 0.2) is 0 Å². The molecule has 0 amide bonds. The first-order valence-corrected chi connectivity index (χ1v) is 11.1. The standard InChI is InChI=1S/C24H32O2S/c1-3-5-7-8-9-11-12-22-18-19-23(27-22)20-14-16-21(17-15-20)26-24(25)13-10-6-4-2/h10,13-19H,3-9,11-12H2,1-2H3. The summed E-state index contributed by atoms with van der Waals surface area (Å²) in [7, 11) is 0. The summed E-state index contributed by atoms with van der Waals surface area (Å²) in [5.74, 6) is 0.280. The van der Waals surface area contributed by atoms with Crippen molar-refractivity contribution in [2.45, 2.75) is 71.6 Å². The number of ether oxygens (including phenoxy) is 1. The van der Waals surface area contributed by atoms with Crippen molar-refractivity contribution in [2.75, 3.05) is 0 Å². The molecule has 0 saturated carbocycles. The highest BCUT2D eigenvalue weighted by Gasteiger charge is 2.05. The number of allylic oxidation sites excluding steroid dienone is 1. The van der Waals surface area contributed by atoms with Crippen molar-refractivity contribution in [3.8, 4) is 16.2 Å². The number of benzene rings is 1. The van der Waals surface area contributed by atoms with Gasteiger partial charge in [0.2, 0.25) is 0 Å². The van der Waals surface area contributed by atoms with Crippen LogP contribution in [0.15, 0.2) is 48.6 Å². The van der Waals surface area contributed by atoms with E-state index in [0.29, 0.717) is 5.75 Å². The van der Waals surface area contributed by atoms with Crippen molar-refractivity contribution in [3.05, 3.63) is 53.4 Å². The Balaban J connectivity index is 1.81. The largest absolute Gasteiger partial charge is 0.423 e. The van der Waals surface area contributed by atoms with E-state index >= 15 is 0 Å². The number of unbranched alkanes of at least 4 members (excludes halogenated alkanes) is 6. The number of hydrogen-bond acceptors (Lipinski definition) is 3. The Morgan fingerprint density at radius 2 is 1.67 bits per heavy atom. The molecule has 1 heterocycles. The maximum absolute atomic E-state index is 11.7. The zero-order valence-corrected chi connectivity index (χ0v) is 17.5. The number of esters is 1. The molecule has 0 aliphatic heterocycles. The number of carbonyl (C=O) groups excluding carboxylic acids is 1. The summed E-state index contributed by atoms with van der Waals surface area (Å²) in [6.07, 6.45) is 14.5. The van der Waals surface area contributed by atoms with Crippen LogP contribution in [-0.2, 0) is 11.2 Å². The molecule has 0 N–H and O–H groups in total. The van der Waals surface area contributed by atoms with Crippen LogP contribution in [0.4, 0.5) is 0 Å². The van der Waals surface area contributed by atoms with Gasteiger partial charge in [-0.2, -0.15) is 0 Å². The van der Waals surface area contributed by atoms with E-state index in [9.17, 15) is 4.79 Å². The molecule has 1 aromatic carbocycles. The van der Waals surface area contributed by atoms with Crippen molar-refractivity contribution < 1.29 is 9.53 Å². The van der Waals surface area contributed by atoms with Crippen LogP contribution in [0.3, 0.4) is 0 Å². The maximum Gasteiger partial charge on any atom is 0.335 e. The molecule has 0 radical (unpaired) electrons. The van der Waals surface area contributed by atoms with Crippen LogP contribution >= 0.6 is 11.3 Å². The Morgan fingerprint density at radius 3 is 2.41 bits per heavy atom. The third-order valence-electron chi connectivity index (χ3n) is 4.50. The highest BCUT2D eigenvalue weighted by molar-refractivity contribution is 7.15. The lowest BCUT2D eigenvalue weighted by molar-refractivity contribution is -0.129. The lowest BCUT2D eigenvalue weighted by Gasteiger charge is -2.03. The Morgan fingerprint density at radius 1 is 0.926 bits per heavy atom. The Kier molecular flexibility index (Phi) is 9.93. The molecule has 0 fully saturated rings. The van der Waals surface area contributed by atoms with E-state index in [2.05, 4.69) is 26.0 Å². The molecule has 0 atom stereocenters. The molecule has 0 aliphatic carbocycles. The summed E-state index contributed by atoms with van der Waals surface area (Å²) in [6, 6.07) is 12.2. The van der Waals surface area contributed by atoms with Gasteiger partial charge >= 0.3 is 5.97 Å². The molecule has 0 spiro atoms. The van der Waals surface area contributed by atoms with Crippen LogP contribution in [0, 0.1) is 0 Å². The zero-order chi connectivity index (χ0) is 19.3.